The van der Waals surface area contributed by atoms with Crippen molar-refractivity contribution >= 4 is 12.6 Å². The molecule has 0 spiro atoms. The van der Waals surface area contributed by atoms with Crippen LogP contribution in [0.2, 0.25) is 0 Å². The van der Waals surface area contributed by atoms with Crippen molar-refractivity contribution in [3.05, 3.63) is 0 Å². The van der Waals surface area contributed by atoms with Crippen molar-refractivity contribution in [2.24, 2.45) is 0 Å². The number of rotatable bonds is 5. The molecule has 0 radical (unpaired) electrons. The lowest BCUT2D eigenvalue weighted by atomic mass is 9.91. The largest absolute Gasteiger partial charge is 0.391 e. The van der Waals surface area contributed by atoms with E-state index >= 15 is 0 Å². The Balaban J connectivity index is 2.23. The van der Waals surface area contributed by atoms with Crippen LogP contribution in [0.1, 0.15) is 38.5 Å². The van der Waals surface area contributed by atoms with E-state index in [-0.39, 0.29) is 6.10 Å². The minimum atomic E-state index is -0.0928. The van der Waals surface area contributed by atoms with Gasteiger partial charge in [0, 0.05) is 6.04 Å². The molecule has 2 atom stereocenters. The summed E-state index contributed by atoms with van der Waals surface area (Å²) in [6.45, 7) is 1.10. The maximum atomic E-state index is 9.84. The zero-order chi connectivity index (χ0) is 10.4. The van der Waals surface area contributed by atoms with Crippen molar-refractivity contribution < 1.29 is 5.11 Å². The quantitative estimate of drug-likeness (QED) is 0.543. The Bertz CT molecular complexity index is 154. The number of aliphatic hydroxyl groups is 1. The Morgan fingerprint density at radius 2 is 2.00 bits per heavy atom. The van der Waals surface area contributed by atoms with Crippen LogP contribution in [-0.2, 0) is 0 Å². The molecule has 1 saturated carbocycles. The molecule has 2 nitrogen and oxygen atoms in total. The summed E-state index contributed by atoms with van der Waals surface area (Å²) in [5.41, 5.74) is 0. The van der Waals surface area contributed by atoms with Crippen molar-refractivity contribution in [1.29, 1.82) is 0 Å². The van der Waals surface area contributed by atoms with Gasteiger partial charge < -0.3 is 10.0 Å². The van der Waals surface area contributed by atoms with Gasteiger partial charge in [-0.25, -0.2) is 0 Å². The van der Waals surface area contributed by atoms with E-state index in [1.54, 1.807) is 0 Å². The molecule has 1 N–H and O–H groups in total. The first-order valence-corrected chi connectivity index (χ1v) is 6.38. The molecule has 14 heavy (non-hydrogen) atoms. The van der Waals surface area contributed by atoms with Crippen molar-refractivity contribution in [3.63, 3.8) is 0 Å². The van der Waals surface area contributed by atoms with E-state index in [4.69, 9.17) is 0 Å². The average Bonchev–Trinajstić information content (AvgIpc) is 2.18. The molecule has 3 heteroatoms. The fourth-order valence-electron chi connectivity index (χ4n) is 2.24. The number of likely N-dealkylation sites (N-methyl/N-ethyl adjacent to an activating group) is 1. The summed E-state index contributed by atoms with van der Waals surface area (Å²) < 4.78 is 0. The van der Waals surface area contributed by atoms with Crippen LogP contribution in [0.15, 0.2) is 0 Å². The molecule has 0 aromatic rings. The molecule has 1 fully saturated rings. The zero-order valence-corrected chi connectivity index (χ0v) is 10.0. The van der Waals surface area contributed by atoms with Crippen LogP contribution in [0, 0.1) is 0 Å². The molecule has 1 rings (SSSR count). The molecular formula is C11H23NOS. The molecule has 2 unspecified atom stereocenters. The van der Waals surface area contributed by atoms with E-state index in [1.165, 1.54) is 32.1 Å². The number of unbranched alkanes of at least 4 members (excludes halogenated alkanes) is 1. The minimum Gasteiger partial charge on any atom is -0.391 e. The van der Waals surface area contributed by atoms with Gasteiger partial charge in [-0.1, -0.05) is 12.8 Å². The first-order chi connectivity index (χ1) is 6.75. The van der Waals surface area contributed by atoms with E-state index in [1.807, 2.05) is 0 Å². The van der Waals surface area contributed by atoms with Crippen LogP contribution < -0.4 is 0 Å². The molecule has 1 aliphatic carbocycles. The van der Waals surface area contributed by atoms with Gasteiger partial charge in [-0.05, 0) is 45.0 Å². The Morgan fingerprint density at radius 3 is 2.64 bits per heavy atom. The van der Waals surface area contributed by atoms with Crippen LogP contribution in [0.25, 0.3) is 0 Å². The van der Waals surface area contributed by atoms with Gasteiger partial charge in [0.1, 0.15) is 0 Å². The summed E-state index contributed by atoms with van der Waals surface area (Å²) in [5.74, 6) is 0.973. The fourth-order valence-corrected chi connectivity index (χ4v) is 2.47. The summed E-state index contributed by atoms with van der Waals surface area (Å²) in [6.07, 6.45) is 6.91. The lowest BCUT2D eigenvalue weighted by molar-refractivity contribution is 0.0318. The van der Waals surface area contributed by atoms with Crippen LogP contribution in [0.4, 0.5) is 0 Å². The Kier molecular flexibility index (Phi) is 5.90. The van der Waals surface area contributed by atoms with Gasteiger partial charge in [0.2, 0.25) is 0 Å². The summed E-state index contributed by atoms with van der Waals surface area (Å²) in [4.78, 5) is 2.33. The third-order valence-electron chi connectivity index (χ3n) is 3.18. The SMILES string of the molecule is CN(CCCCS)C1CCCCC1O. The number of thiol groups is 1. The highest BCUT2D eigenvalue weighted by Crippen LogP contribution is 2.22. The van der Waals surface area contributed by atoms with Gasteiger partial charge in [-0.3, -0.25) is 0 Å². The molecule has 0 amide bonds. The first kappa shape index (κ1) is 12.3. The normalized spacial score (nSPS) is 28.3. The highest BCUT2D eigenvalue weighted by molar-refractivity contribution is 7.80. The third kappa shape index (κ3) is 3.79. The van der Waals surface area contributed by atoms with E-state index in [2.05, 4.69) is 24.6 Å². The lowest BCUT2D eigenvalue weighted by Crippen LogP contribution is -2.43. The van der Waals surface area contributed by atoms with Crippen LogP contribution in [-0.4, -0.2) is 41.5 Å². The van der Waals surface area contributed by atoms with Gasteiger partial charge in [-0.15, -0.1) is 0 Å². The second-order valence-corrected chi connectivity index (χ2v) is 4.78. The Morgan fingerprint density at radius 1 is 1.29 bits per heavy atom. The Hall–Kier alpha value is 0.270. The highest BCUT2D eigenvalue weighted by atomic mass is 32.1. The van der Waals surface area contributed by atoms with Crippen molar-refractivity contribution in [1.82, 2.24) is 4.90 Å². The zero-order valence-electron chi connectivity index (χ0n) is 9.15. The smallest absolute Gasteiger partial charge is 0.0695 e. The van der Waals surface area contributed by atoms with Crippen LogP contribution in [0.3, 0.4) is 0 Å². The molecule has 1 aliphatic rings. The average molecular weight is 217 g/mol. The Labute approximate surface area is 93.1 Å². The summed E-state index contributed by atoms with van der Waals surface area (Å²) in [5, 5.41) is 9.84. The molecule has 0 heterocycles. The minimum absolute atomic E-state index is 0.0928. The number of nitrogens with zero attached hydrogens (tertiary/aromatic N) is 1. The second-order valence-electron chi connectivity index (χ2n) is 4.33. The number of hydrogen-bond acceptors (Lipinski definition) is 3. The van der Waals surface area contributed by atoms with E-state index in [0.717, 1.165) is 18.7 Å². The van der Waals surface area contributed by atoms with E-state index in [0.29, 0.717) is 6.04 Å². The van der Waals surface area contributed by atoms with Crippen molar-refractivity contribution in [3.8, 4) is 0 Å². The summed E-state index contributed by atoms with van der Waals surface area (Å²) in [7, 11) is 2.14. The van der Waals surface area contributed by atoms with E-state index < -0.39 is 0 Å². The van der Waals surface area contributed by atoms with Gasteiger partial charge >= 0.3 is 0 Å². The predicted molar refractivity (Wildman–Crippen MR) is 64.0 cm³/mol. The van der Waals surface area contributed by atoms with Crippen LogP contribution >= 0.6 is 12.6 Å². The van der Waals surface area contributed by atoms with Gasteiger partial charge in [0.05, 0.1) is 6.10 Å². The topological polar surface area (TPSA) is 23.5 Å². The van der Waals surface area contributed by atoms with Gasteiger partial charge in [0.25, 0.3) is 0 Å². The van der Waals surface area contributed by atoms with E-state index in [9.17, 15) is 5.11 Å². The van der Waals surface area contributed by atoms with Gasteiger partial charge in [0.15, 0.2) is 0 Å². The first-order valence-electron chi connectivity index (χ1n) is 5.75. The molecular weight excluding hydrogens is 194 g/mol. The van der Waals surface area contributed by atoms with Crippen molar-refractivity contribution in [2.45, 2.75) is 50.7 Å². The number of aliphatic hydroxyl groups excluding tert-OH is 1. The summed E-state index contributed by atoms with van der Waals surface area (Å²) >= 11 is 4.20. The molecule has 0 bridgehead atoms. The fraction of sp³-hybridized carbons (Fsp3) is 1.00. The molecule has 84 valence electrons. The standard InChI is InChI=1S/C11H23NOS/c1-12(8-4-5-9-14)10-6-2-3-7-11(10)13/h10-11,13-14H,2-9H2,1H3. The monoisotopic (exact) mass is 217 g/mol. The summed E-state index contributed by atoms with van der Waals surface area (Å²) in [6, 6.07) is 0.406. The molecule has 0 saturated heterocycles. The maximum absolute atomic E-state index is 9.84. The molecule has 0 aromatic heterocycles. The van der Waals surface area contributed by atoms with Gasteiger partial charge in [-0.2, -0.15) is 12.6 Å². The predicted octanol–water partition coefficient (Wildman–Crippen LogP) is 1.93. The van der Waals surface area contributed by atoms with Crippen LogP contribution in [0.5, 0.6) is 0 Å². The van der Waals surface area contributed by atoms with Crippen molar-refractivity contribution in [2.75, 3.05) is 19.3 Å². The maximum Gasteiger partial charge on any atom is 0.0695 e. The molecule has 0 aliphatic heterocycles. The highest BCUT2D eigenvalue weighted by Gasteiger charge is 2.25. The molecule has 0 aromatic carbocycles. The lowest BCUT2D eigenvalue weighted by Gasteiger charge is -2.35. The number of hydrogen-bond donors (Lipinski definition) is 2. The third-order valence-corrected chi connectivity index (χ3v) is 3.50. The second kappa shape index (κ2) is 6.70.